The molecule has 0 amide bonds. The second-order valence-electron chi connectivity index (χ2n) is 3.32. The first-order chi connectivity index (χ1) is 5.13. The summed E-state index contributed by atoms with van der Waals surface area (Å²) in [7, 11) is 0. The molecule has 5 atom stereocenters. The standard InChI is InChI=1S/C7H8Cl2O2/c8-5-2-1-3(6(5)9)4(2)7(10)11/h2-6H,1H2,(H,10,11)/t2-,3-,4?,5-,6+/m0/s1. The Kier molecular flexibility index (Phi) is 1.58. The minimum atomic E-state index is -0.736. The van der Waals surface area contributed by atoms with Gasteiger partial charge in [0.2, 0.25) is 0 Å². The molecule has 2 bridgehead atoms. The monoisotopic (exact) mass is 194 g/mol. The molecule has 0 aromatic heterocycles. The van der Waals surface area contributed by atoms with Gasteiger partial charge >= 0.3 is 5.97 Å². The van der Waals surface area contributed by atoms with Crippen LogP contribution in [0.2, 0.25) is 0 Å². The Balaban J connectivity index is 2.17. The van der Waals surface area contributed by atoms with Crippen LogP contribution >= 0.6 is 23.2 Å². The molecule has 0 aromatic rings. The van der Waals surface area contributed by atoms with Gasteiger partial charge in [0.05, 0.1) is 16.7 Å². The van der Waals surface area contributed by atoms with Gasteiger partial charge in [-0.15, -0.1) is 23.2 Å². The molecule has 0 radical (unpaired) electrons. The fourth-order valence-corrected chi connectivity index (χ4v) is 3.12. The van der Waals surface area contributed by atoms with Crippen LogP contribution in [0.4, 0.5) is 0 Å². The van der Waals surface area contributed by atoms with Crippen molar-refractivity contribution in [2.45, 2.75) is 17.2 Å². The molecule has 0 aliphatic heterocycles. The van der Waals surface area contributed by atoms with Crippen molar-refractivity contribution in [3.05, 3.63) is 0 Å². The Morgan fingerprint density at radius 3 is 1.91 bits per heavy atom. The number of alkyl halides is 2. The lowest BCUT2D eigenvalue weighted by molar-refractivity contribution is -0.148. The lowest BCUT2D eigenvalue weighted by Gasteiger charge is -2.32. The van der Waals surface area contributed by atoms with Gasteiger partial charge in [-0.25, -0.2) is 0 Å². The van der Waals surface area contributed by atoms with Crippen LogP contribution in [0.25, 0.3) is 0 Å². The molecule has 0 heterocycles. The van der Waals surface area contributed by atoms with E-state index in [0.29, 0.717) is 0 Å². The summed E-state index contributed by atoms with van der Waals surface area (Å²) in [5, 5.41) is 8.49. The maximum Gasteiger partial charge on any atom is 0.307 e. The van der Waals surface area contributed by atoms with Crippen molar-refractivity contribution in [3.63, 3.8) is 0 Å². The molecule has 2 nitrogen and oxygen atoms in total. The Hall–Kier alpha value is 0.0500. The molecule has 1 N–H and O–H groups in total. The summed E-state index contributed by atoms with van der Waals surface area (Å²) in [6.07, 6.45) is 0.902. The normalized spacial score (nSPS) is 53.8. The van der Waals surface area contributed by atoms with Crippen LogP contribution in [0, 0.1) is 17.8 Å². The number of rotatable bonds is 1. The second-order valence-corrected chi connectivity index (χ2v) is 4.32. The van der Waals surface area contributed by atoms with Crippen LogP contribution < -0.4 is 0 Å². The Morgan fingerprint density at radius 2 is 1.73 bits per heavy atom. The van der Waals surface area contributed by atoms with Gasteiger partial charge in [0, 0.05) is 0 Å². The van der Waals surface area contributed by atoms with Crippen molar-refractivity contribution in [2.24, 2.45) is 17.8 Å². The lowest BCUT2D eigenvalue weighted by atomic mass is 9.72. The molecule has 3 aliphatic rings. The van der Waals surface area contributed by atoms with Crippen molar-refractivity contribution in [1.29, 1.82) is 0 Å². The number of hydrogen-bond donors (Lipinski definition) is 1. The van der Waals surface area contributed by atoms with E-state index in [4.69, 9.17) is 28.3 Å². The van der Waals surface area contributed by atoms with Crippen LogP contribution in [0.1, 0.15) is 6.42 Å². The van der Waals surface area contributed by atoms with Gasteiger partial charge in [0.15, 0.2) is 0 Å². The number of hydrogen-bond acceptors (Lipinski definition) is 1. The summed E-state index contributed by atoms with van der Waals surface area (Å²) in [5.41, 5.74) is 0. The van der Waals surface area contributed by atoms with Crippen LogP contribution in [-0.2, 0) is 4.79 Å². The summed E-state index contributed by atoms with van der Waals surface area (Å²) in [6, 6.07) is 0. The van der Waals surface area contributed by atoms with Crippen LogP contribution in [0.3, 0.4) is 0 Å². The number of carboxylic acids is 1. The first kappa shape index (κ1) is 7.69. The van der Waals surface area contributed by atoms with Gasteiger partial charge < -0.3 is 5.11 Å². The van der Waals surface area contributed by atoms with Gasteiger partial charge in [-0.05, 0) is 18.3 Å². The van der Waals surface area contributed by atoms with E-state index in [0.717, 1.165) is 6.42 Å². The molecule has 3 aliphatic carbocycles. The molecule has 3 fully saturated rings. The maximum atomic E-state index is 10.6. The molecule has 4 heteroatoms. The maximum absolute atomic E-state index is 10.6. The highest BCUT2D eigenvalue weighted by atomic mass is 35.5. The number of aliphatic carboxylic acids is 1. The van der Waals surface area contributed by atoms with Crippen molar-refractivity contribution in [2.75, 3.05) is 0 Å². The molecule has 11 heavy (non-hydrogen) atoms. The molecule has 3 saturated carbocycles. The fourth-order valence-electron chi connectivity index (χ4n) is 2.22. The molecular formula is C7H8Cl2O2. The van der Waals surface area contributed by atoms with E-state index in [-0.39, 0.29) is 28.5 Å². The van der Waals surface area contributed by atoms with Crippen molar-refractivity contribution in [3.8, 4) is 0 Å². The first-order valence-electron chi connectivity index (χ1n) is 3.64. The zero-order chi connectivity index (χ0) is 8.17. The largest absolute Gasteiger partial charge is 0.481 e. The average molecular weight is 195 g/mol. The van der Waals surface area contributed by atoms with Gasteiger partial charge in [-0.1, -0.05) is 0 Å². The summed E-state index contributed by atoms with van der Waals surface area (Å²) in [4.78, 5) is 10.6. The molecule has 0 spiro atoms. The smallest absolute Gasteiger partial charge is 0.307 e. The molecule has 0 aromatic carbocycles. The molecular weight excluding hydrogens is 187 g/mol. The van der Waals surface area contributed by atoms with Crippen molar-refractivity contribution in [1.82, 2.24) is 0 Å². The number of halogens is 2. The second kappa shape index (κ2) is 2.27. The predicted octanol–water partition coefficient (Wildman–Crippen LogP) is 1.55. The zero-order valence-corrected chi connectivity index (χ0v) is 7.22. The minimum absolute atomic E-state index is 0.122. The Labute approximate surface area is 74.5 Å². The Bertz CT molecular complexity index is 193. The van der Waals surface area contributed by atoms with Gasteiger partial charge in [0.25, 0.3) is 0 Å². The third-order valence-electron chi connectivity index (χ3n) is 2.87. The number of carbonyl (C=O) groups is 1. The highest BCUT2D eigenvalue weighted by Gasteiger charge is 2.61. The van der Waals surface area contributed by atoms with Crippen LogP contribution in [0.15, 0.2) is 0 Å². The fraction of sp³-hybridized carbons (Fsp3) is 0.857. The van der Waals surface area contributed by atoms with Gasteiger partial charge in [-0.3, -0.25) is 4.79 Å². The summed E-state index contributed by atoms with van der Waals surface area (Å²) < 4.78 is 0. The summed E-state index contributed by atoms with van der Waals surface area (Å²) >= 11 is 11.8. The zero-order valence-electron chi connectivity index (χ0n) is 5.71. The lowest BCUT2D eigenvalue weighted by Crippen LogP contribution is -2.37. The van der Waals surface area contributed by atoms with Gasteiger partial charge in [-0.2, -0.15) is 0 Å². The van der Waals surface area contributed by atoms with E-state index in [1.54, 1.807) is 0 Å². The van der Waals surface area contributed by atoms with Crippen LogP contribution in [-0.4, -0.2) is 21.8 Å². The summed E-state index contributed by atoms with van der Waals surface area (Å²) in [6.45, 7) is 0. The average Bonchev–Trinajstić information content (AvgIpc) is 2.17. The number of fused-ring (bicyclic) bond motifs is 1. The molecule has 3 rings (SSSR count). The van der Waals surface area contributed by atoms with Crippen LogP contribution in [0.5, 0.6) is 0 Å². The third kappa shape index (κ3) is 0.828. The van der Waals surface area contributed by atoms with E-state index in [9.17, 15) is 4.79 Å². The quantitative estimate of drug-likeness (QED) is 0.644. The van der Waals surface area contributed by atoms with E-state index < -0.39 is 5.97 Å². The van der Waals surface area contributed by atoms with E-state index in [2.05, 4.69) is 0 Å². The van der Waals surface area contributed by atoms with Crippen molar-refractivity contribution >= 4 is 29.2 Å². The molecule has 62 valence electrons. The Morgan fingerprint density at radius 1 is 1.27 bits per heavy atom. The third-order valence-corrected chi connectivity index (χ3v) is 4.19. The molecule has 0 saturated heterocycles. The van der Waals surface area contributed by atoms with E-state index in [1.807, 2.05) is 0 Å². The van der Waals surface area contributed by atoms with E-state index in [1.165, 1.54) is 0 Å². The number of carboxylic acid groups (broad SMARTS) is 1. The summed E-state index contributed by atoms with van der Waals surface area (Å²) in [5.74, 6) is -0.747. The highest BCUT2D eigenvalue weighted by Crippen LogP contribution is 2.57. The minimum Gasteiger partial charge on any atom is -0.481 e. The van der Waals surface area contributed by atoms with Gasteiger partial charge in [0.1, 0.15) is 0 Å². The van der Waals surface area contributed by atoms with E-state index >= 15 is 0 Å². The first-order valence-corrected chi connectivity index (χ1v) is 4.51. The topological polar surface area (TPSA) is 37.3 Å². The predicted molar refractivity (Wildman–Crippen MR) is 42.0 cm³/mol. The highest BCUT2D eigenvalue weighted by molar-refractivity contribution is 6.31. The SMILES string of the molecule is O=C(O)C1[C@@H]2C[C@@H]1[C@@H](Cl)[C@H]2Cl. The molecule has 1 unspecified atom stereocenters. The van der Waals surface area contributed by atoms with Crippen molar-refractivity contribution < 1.29 is 9.90 Å².